The molecule has 2 rings (SSSR count). The van der Waals surface area contributed by atoms with Crippen LogP contribution in [-0.2, 0) is 18.3 Å². The molecule has 0 atom stereocenters. The Morgan fingerprint density at radius 2 is 1.86 bits per heavy atom. The fourth-order valence-electron chi connectivity index (χ4n) is 3.47. The van der Waals surface area contributed by atoms with Crippen molar-refractivity contribution in [2.24, 2.45) is 12.8 Å². The Morgan fingerprint density at radius 3 is 2.36 bits per heavy atom. The number of nitrogens with one attached hydrogen (secondary N) is 1. The zero-order valence-corrected chi connectivity index (χ0v) is 19.2. The summed E-state index contributed by atoms with van der Waals surface area (Å²) in [7, 11) is 3.46. The molecule has 0 radical (unpaired) electrons. The van der Waals surface area contributed by atoms with Crippen LogP contribution < -0.4 is 15.8 Å². The molecule has 9 heteroatoms. The number of hydrogen-bond donors (Lipinski definition) is 2. The number of nitrogens with two attached hydrogens (primary N) is 1. The molecule has 3 N–H and O–H groups in total. The summed E-state index contributed by atoms with van der Waals surface area (Å²) in [5.41, 5.74) is 9.43. The van der Waals surface area contributed by atoms with Crippen molar-refractivity contribution in [3.8, 4) is 5.88 Å². The molecule has 0 aliphatic carbocycles. The Balaban J connectivity index is 0.00000364. The third-order valence-electron chi connectivity index (χ3n) is 5.47. The van der Waals surface area contributed by atoms with Crippen molar-refractivity contribution in [1.82, 2.24) is 20.1 Å². The smallest absolute Gasteiger partial charge is 0.242 e. The molecule has 0 aliphatic heterocycles. The van der Waals surface area contributed by atoms with Crippen LogP contribution in [0.1, 0.15) is 49.9 Å². The first-order chi connectivity index (χ1) is 12.3. The standard InChI is InChI=1S/C19H31N5O2.2ClH/c1-7-19(8-2,11-20)22-15(25)10-9-14-12(3)16-17(21-13(14)4)24(5)23-18(16)26-6;;/h7-11,20H2,1-6H3,(H,22,25);2*1H. The summed E-state index contributed by atoms with van der Waals surface area (Å²) in [6, 6.07) is 0. The first-order valence-electron chi connectivity index (χ1n) is 9.20. The predicted octanol–water partition coefficient (Wildman–Crippen LogP) is 3.00. The van der Waals surface area contributed by atoms with Gasteiger partial charge in [-0.25, -0.2) is 9.67 Å². The molecule has 0 spiro atoms. The highest BCUT2D eigenvalue weighted by atomic mass is 35.5. The molecule has 2 aromatic heterocycles. The molecule has 2 aromatic rings. The zero-order valence-electron chi connectivity index (χ0n) is 17.6. The molecule has 0 saturated carbocycles. The number of carbonyl (C=O) groups excluding carboxylic acids is 1. The van der Waals surface area contributed by atoms with Crippen molar-refractivity contribution in [2.45, 2.75) is 58.9 Å². The lowest BCUT2D eigenvalue weighted by Crippen LogP contribution is -2.52. The zero-order chi connectivity index (χ0) is 19.5. The molecule has 0 unspecified atom stereocenters. The highest BCUT2D eigenvalue weighted by molar-refractivity contribution is 5.86. The Hall–Kier alpha value is -1.57. The second-order valence-electron chi connectivity index (χ2n) is 6.87. The van der Waals surface area contributed by atoms with Gasteiger partial charge in [-0.3, -0.25) is 4.79 Å². The quantitative estimate of drug-likeness (QED) is 0.666. The molecule has 1 amide bonds. The largest absolute Gasteiger partial charge is 0.479 e. The first kappa shape index (κ1) is 26.4. The summed E-state index contributed by atoms with van der Waals surface area (Å²) in [4.78, 5) is 17.2. The molecule has 0 fully saturated rings. The van der Waals surface area contributed by atoms with Crippen molar-refractivity contribution >= 4 is 41.8 Å². The minimum Gasteiger partial charge on any atom is -0.479 e. The molecule has 2 heterocycles. The molecule has 0 bridgehead atoms. The number of carbonyl (C=O) groups is 1. The predicted molar refractivity (Wildman–Crippen MR) is 118 cm³/mol. The van der Waals surface area contributed by atoms with Gasteiger partial charge in [0.25, 0.3) is 0 Å². The van der Waals surface area contributed by atoms with Crippen LogP contribution in [0.2, 0.25) is 0 Å². The molecule has 0 aromatic carbocycles. The summed E-state index contributed by atoms with van der Waals surface area (Å²) in [5.74, 6) is 0.591. The van der Waals surface area contributed by atoms with Crippen molar-refractivity contribution in [3.05, 3.63) is 16.8 Å². The van der Waals surface area contributed by atoms with E-state index in [0.29, 0.717) is 25.3 Å². The number of hydrogen-bond acceptors (Lipinski definition) is 5. The summed E-state index contributed by atoms with van der Waals surface area (Å²) in [6.45, 7) is 8.57. The van der Waals surface area contributed by atoms with Crippen LogP contribution in [0.25, 0.3) is 11.0 Å². The van der Waals surface area contributed by atoms with Crippen molar-refractivity contribution in [1.29, 1.82) is 0 Å². The minimum atomic E-state index is -0.310. The van der Waals surface area contributed by atoms with Crippen molar-refractivity contribution in [3.63, 3.8) is 0 Å². The summed E-state index contributed by atoms with van der Waals surface area (Å²) in [5, 5.41) is 8.41. The van der Waals surface area contributed by atoms with Crippen molar-refractivity contribution in [2.75, 3.05) is 13.7 Å². The Labute approximate surface area is 179 Å². The van der Waals surface area contributed by atoms with E-state index in [2.05, 4.69) is 29.2 Å². The van der Waals surface area contributed by atoms with Gasteiger partial charge in [0.2, 0.25) is 11.8 Å². The van der Waals surface area contributed by atoms with Crippen LogP contribution in [-0.4, -0.2) is 39.9 Å². The van der Waals surface area contributed by atoms with Gasteiger partial charge in [-0.2, -0.15) is 0 Å². The van der Waals surface area contributed by atoms with Crippen LogP contribution in [0.15, 0.2) is 0 Å². The third kappa shape index (κ3) is 5.07. The van der Waals surface area contributed by atoms with Crippen LogP contribution in [0, 0.1) is 13.8 Å². The normalized spacial score (nSPS) is 11.0. The van der Waals surface area contributed by atoms with E-state index in [1.165, 1.54) is 0 Å². The lowest BCUT2D eigenvalue weighted by Gasteiger charge is -2.31. The van der Waals surface area contributed by atoms with E-state index in [0.717, 1.165) is 40.7 Å². The second kappa shape index (κ2) is 10.8. The number of rotatable bonds is 8. The second-order valence-corrected chi connectivity index (χ2v) is 6.87. The average Bonchev–Trinajstić information content (AvgIpc) is 2.95. The van der Waals surface area contributed by atoms with Gasteiger partial charge < -0.3 is 15.8 Å². The van der Waals surface area contributed by atoms with Gasteiger partial charge in [-0.15, -0.1) is 29.9 Å². The summed E-state index contributed by atoms with van der Waals surface area (Å²) < 4.78 is 7.12. The molecule has 7 nitrogen and oxygen atoms in total. The Kier molecular flexibility index (Phi) is 10.2. The van der Waals surface area contributed by atoms with Gasteiger partial charge in [0.15, 0.2) is 5.65 Å². The highest BCUT2D eigenvalue weighted by Crippen LogP contribution is 2.30. The number of fused-ring (bicyclic) bond motifs is 1. The third-order valence-corrected chi connectivity index (χ3v) is 5.47. The molecule has 28 heavy (non-hydrogen) atoms. The van der Waals surface area contributed by atoms with E-state index in [9.17, 15) is 4.79 Å². The number of aryl methyl sites for hydroxylation is 3. The number of pyridine rings is 1. The van der Waals surface area contributed by atoms with Gasteiger partial charge in [-0.1, -0.05) is 13.8 Å². The van der Waals surface area contributed by atoms with Gasteiger partial charge >= 0.3 is 0 Å². The first-order valence-corrected chi connectivity index (χ1v) is 9.20. The van der Waals surface area contributed by atoms with Gasteiger partial charge in [0, 0.05) is 25.7 Å². The van der Waals surface area contributed by atoms with E-state index >= 15 is 0 Å². The molecular weight excluding hydrogens is 401 g/mol. The Morgan fingerprint density at radius 1 is 1.25 bits per heavy atom. The lowest BCUT2D eigenvalue weighted by atomic mass is 9.92. The monoisotopic (exact) mass is 433 g/mol. The fraction of sp³-hybridized carbons (Fsp3) is 0.632. The van der Waals surface area contributed by atoms with Crippen LogP contribution in [0.4, 0.5) is 0 Å². The molecule has 0 saturated heterocycles. The Bertz CT molecular complexity index is 795. The van der Waals surface area contributed by atoms with Crippen LogP contribution in [0.5, 0.6) is 5.88 Å². The van der Waals surface area contributed by atoms with E-state index in [1.54, 1.807) is 11.8 Å². The maximum Gasteiger partial charge on any atom is 0.242 e. The van der Waals surface area contributed by atoms with E-state index in [1.807, 2.05) is 20.9 Å². The fourth-order valence-corrected chi connectivity index (χ4v) is 3.47. The van der Waals surface area contributed by atoms with Crippen molar-refractivity contribution < 1.29 is 9.53 Å². The maximum absolute atomic E-state index is 12.5. The maximum atomic E-state index is 12.5. The number of ether oxygens (including phenoxy) is 1. The molecular formula is C19H33Cl2N5O2. The van der Waals surface area contributed by atoms with E-state index in [4.69, 9.17) is 10.5 Å². The topological polar surface area (TPSA) is 95.1 Å². The molecule has 0 aliphatic rings. The van der Waals surface area contributed by atoms with Gasteiger partial charge in [0.05, 0.1) is 18.0 Å². The number of aromatic nitrogens is 3. The van der Waals surface area contributed by atoms with E-state index < -0.39 is 0 Å². The SMILES string of the molecule is CCC(CC)(CN)NC(=O)CCc1c(C)nc2c(c(OC)nn2C)c1C.Cl.Cl. The highest BCUT2D eigenvalue weighted by Gasteiger charge is 2.26. The summed E-state index contributed by atoms with van der Waals surface area (Å²) >= 11 is 0. The number of halogens is 2. The van der Waals surface area contributed by atoms with E-state index in [-0.39, 0.29) is 36.3 Å². The number of amides is 1. The van der Waals surface area contributed by atoms with Gasteiger partial charge in [-0.05, 0) is 44.2 Å². The number of nitrogens with zero attached hydrogens (tertiary/aromatic N) is 3. The lowest BCUT2D eigenvalue weighted by molar-refractivity contribution is -0.123. The van der Waals surface area contributed by atoms with Gasteiger partial charge in [0.1, 0.15) is 0 Å². The molecule has 160 valence electrons. The summed E-state index contributed by atoms with van der Waals surface area (Å²) in [6.07, 6.45) is 2.67. The van der Waals surface area contributed by atoms with Crippen LogP contribution in [0.3, 0.4) is 0 Å². The minimum absolute atomic E-state index is 0. The number of methoxy groups -OCH3 is 1. The van der Waals surface area contributed by atoms with Crippen LogP contribution >= 0.6 is 24.8 Å². The average molecular weight is 434 g/mol.